The summed E-state index contributed by atoms with van der Waals surface area (Å²) in [7, 11) is -1.90. The number of rotatable bonds is 5. The minimum atomic E-state index is -3.38. The fourth-order valence-electron chi connectivity index (χ4n) is 2.26. The van der Waals surface area contributed by atoms with Gasteiger partial charge >= 0.3 is 0 Å². The van der Waals surface area contributed by atoms with Crippen LogP contribution in [0.5, 0.6) is 0 Å². The predicted octanol–water partition coefficient (Wildman–Crippen LogP) is 2.63. The highest BCUT2D eigenvalue weighted by Gasteiger charge is 2.16. The monoisotopic (exact) mass is 346 g/mol. The normalized spacial score (nSPS) is 11.2. The molecule has 2 rings (SSSR count). The van der Waals surface area contributed by atoms with Gasteiger partial charge in [-0.3, -0.25) is 9.10 Å². The van der Waals surface area contributed by atoms with Gasteiger partial charge in [-0.05, 0) is 37.1 Å². The lowest BCUT2D eigenvalue weighted by atomic mass is 10.1. The third kappa shape index (κ3) is 4.35. The molecule has 24 heavy (non-hydrogen) atoms. The number of sulfonamides is 1. The first kappa shape index (κ1) is 18.0. The molecule has 0 aliphatic carbocycles. The van der Waals surface area contributed by atoms with Gasteiger partial charge in [0, 0.05) is 19.2 Å². The van der Waals surface area contributed by atoms with Crippen LogP contribution in [0.3, 0.4) is 0 Å². The van der Waals surface area contributed by atoms with Crippen molar-refractivity contribution in [2.75, 3.05) is 17.6 Å². The minimum Gasteiger partial charge on any atom is -0.348 e. The Morgan fingerprint density at radius 2 is 1.71 bits per heavy atom. The van der Waals surface area contributed by atoms with Crippen molar-refractivity contribution < 1.29 is 13.2 Å². The molecular weight excluding hydrogens is 324 g/mol. The summed E-state index contributed by atoms with van der Waals surface area (Å²) in [6.45, 7) is 4.24. The number of nitrogens with one attached hydrogen (secondary N) is 1. The maximum atomic E-state index is 12.3. The van der Waals surface area contributed by atoms with Crippen molar-refractivity contribution in [3.05, 3.63) is 64.7 Å². The highest BCUT2D eigenvalue weighted by atomic mass is 32.2. The van der Waals surface area contributed by atoms with Crippen LogP contribution in [-0.4, -0.2) is 27.6 Å². The SMILES string of the molecule is Cc1ccc(CNC(=O)c2ccc(C)c(N(C)S(C)(=O)=O)c2)cc1. The zero-order valence-electron chi connectivity index (χ0n) is 14.3. The summed E-state index contributed by atoms with van der Waals surface area (Å²) in [6.07, 6.45) is 1.14. The van der Waals surface area contributed by atoms with Gasteiger partial charge in [-0.25, -0.2) is 8.42 Å². The molecule has 0 aliphatic heterocycles. The highest BCUT2D eigenvalue weighted by Crippen LogP contribution is 2.22. The molecular formula is C18H22N2O3S. The second kappa shape index (κ2) is 7.05. The molecule has 2 aromatic rings. The van der Waals surface area contributed by atoms with E-state index >= 15 is 0 Å². The van der Waals surface area contributed by atoms with Gasteiger partial charge in [0.15, 0.2) is 0 Å². The lowest BCUT2D eigenvalue weighted by Gasteiger charge is -2.19. The number of nitrogens with zero attached hydrogens (tertiary/aromatic N) is 1. The molecule has 0 spiro atoms. The van der Waals surface area contributed by atoms with E-state index in [4.69, 9.17) is 0 Å². The number of aryl methyl sites for hydroxylation is 2. The van der Waals surface area contributed by atoms with E-state index in [0.717, 1.165) is 22.9 Å². The smallest absolute Gasteiger partial charge is 0.251 e. The van der Waals surface area contributed by atoms with Gasteiger partial charge in [-0.2, -0.15) is 0 Å². The van der Waals surface area contributed by atoms with E-state index in [-0.39, 0.29) is 5.91 Å². The Morgan fingerprint density at radius 3 is 2.29 bits per heavy atom. The van der Waals surface area contributed by atoms with Crippen molar-refractivity contribution in [3.8, 4) is 0 Å². The number of carbonyl (C=O) groups excluding carboxylic acids is 1. The Kier molecular flexibility index (Phi) is 5.29. The molecule has 0 atom stereocenters. The van der Waals surface area contributed by atoms with Crippen LogP contribution in [-0.2, 0) is 16.6 Å². The Labute approximate surface area is 143 Å². The van der Waals surface area contributed by atoms with Crippen LogP contribution >= 0.6 is 0 Å². The molecule has 0 aliphatic rings. The van der Waals surface area contributed by atoms with Gasteiger partial charge in [0.1, 0.15) is 0 Å². The molecule has 0 heterocycles. The molecule has 0 radical (unpaired) electrons. The molecule has 2 aromatic carbocycles. The molecule has 0 saturated carbocycles. The maximum absolute atomic E-state index is 12.3. The van der Waals surface area contributed by atoms with Crippen LogP contribution in [0.2, 0.25) is 0 Å². The third-order valence-corrected chi connectivity index (χ3v) is 5.07. The molecule has 0 saturated heterocycles. The largest absolute Gasteiger partial charge is 0.348 e. The summed E-state index contributed by atoms with van der Waals surface area (Å²) in [4.78, 5) is 12.3. The molecule has 0 bridgehead atoms. The van der Waals surface area contributed by atoms with Gasteiger partial charge in [-0.15, -0.1) is 0 Å². The Hall–Kier alpha value is -2.34. The van der Waals surface area contributed by atoms with E-state index < -0.39 is 10.0 Å². The summed E-state index contributed by atoms with van der Waals surface area (Å²) < 4.78 is 24.6. The van der Waals surface area contributed by atoms with Crippen LogP contribution < -0.4 is 9.62 Å². The van der Waals surface area contributed by atoms with E-state index in [1.807, 2.05) is 38.1 Å². The van der Waals surface area contributed by atoms with Crippen LogP contribution in [0.4, 0.5) is 5.69 Å². The Balaban J connectivity index is 2.16. The van der Waals surface area contributed by atoms with Crippen LogP contribution in [0, 0.1) is 13.8 Å². The summed E-state index contributed by atoms with van der Waals surface area (Å²) in [6, 6.07) is 13.0. The number of hydrogen-bond donors (Lipinski definition) is 1. The zero-order chi connectivity index (χ0) is 17.9. The lowest BCUT2D eigenvalue weighted by Crippen LogP contribution is -2.27. The lowest BCUT2D eigenvalue weighted by molar-refractivity contribution is 0.0951. The minimum absolute atomic E-state index is 0.237. The van der Waals surface area contributed by atoms with Crippen molar-refractivity contribution in [1.29, 1.82) is 0 Å². The van der Waals surface area contributed by atoms with Gasteiger partial charge in [0.05, 0.1) is 11.9 Å². The summed E-state index contributed by atoms with van der Waals surface area (Å²) in [5.41, 5.74) is 3.89. The molecule has 0 fully saturated rings. The van der Waals surface area contributed by atoms with E-state index in [1.165, 1.54) is 11.4 Å². The Bertz CT molecular complexity index is 843. The number of benzene rings is 2. The zero-order valence-corrected chi connectivity index (χ0v) is 15.1. The summed E-state index contributed by atoms with van der Waals surface area (Å²) in [5, 5.41) is 2.85. The van der Waals surface area contributed by atoms with Crippen molar-refractivity contribution in [2.24, 2.45) is 0 Å². The molecule has 0 unspecified atom stereocenters. The first-order valence-corrected chi connectivity index (χ1v) is 9.41. The van der Waals surface area contributed by atoms with Crippen LogP contribution in [0.1, 0.15) is 27.0 Å². The molecule has 0 aromatic heterocycles. The molecule has 5 nitrogen and oxygen atoms in total. The summed E-state index contributed by atoms with van der Waals surface area (Å²) >= 11 is 0. The molecule has 128 valence electrons. The van der Waals surface area contributed by atoms with Gasteiger partial charge in [0.25, 0.3) is 5.91 Å². The quantitative estimate of drug-likeness (QED) is 0.905. The number of hydrogen-bond acceptors (Lipinski definition) is 3. The van der Waals surface area contributed by atoms with Gasteiger partial charge in [-0.1, -0.05) is 35.9 Å². The average Bonchev–Trinajstić information content (AvgIpc) is 2.53. The third-order valence-electron chi connectivity index (χ3n) is 3.88. The van der Waals surface area contributed by atoms with Gasteiger partial charge in [0.2, 0.25) is 10.0 Å². The van der Waals surface area contributed by atoms with Crippen LogP contribution in [0.15, 0.2) is 42.5 Å². The van der Waals surface area contributed by atoms with E-state index in [0.29, 0.717) is 17.8 Å². The number of anilines is 1. The van der Waals surface area contributed by atoms with Crippen molar-refractivity contribution >= 4 is 21.6 Å². The second-order valence-corrected chi connectivity index (χ2v) is 7.91. The van der Waals surface area contributed by atoms with Crippen LogP contribution in [0.25, 0.3) is 0 Å². The fourth-order valence-corrected chi connectivity index (χ4v) is 2.81. The molecule has 6 heteroatoms. The topological polar surface area (TPSA) is 66.5 Å². The number of carbonyl (C=O) groups is 1. The van der Waals surface area contributed by atoms with Crippen molar-refractivity contribution in [2.45, 2.75) is 20.4 Å². The standard InChI is InChI=1S/C18H22N2O3S/c1-13-5-8-15(9-6-13)12-19-18(21)16-10-7-14(2)17(11-16)20(3)24(4,22)23/h5-11H,12H2,1-4H3,(H,19,21). The molecule has 1 amide bonds. The Morgan fingerprint density at radius 1 is 1.08 bits per heavy atom. The first-order chi connectivity index (χ1) is 11.2. The van der Waals surface area contributed by atoms with Gasteiger partial charge < -0.3 is 5.32 Å². The average molecular weight is 346 g/mol. The van der Waals surface area contributed by atoms with E-state index in [1.54, 1.807) is 18.2 Å². The van der Waals surface area contributed by atoms with E-state index in [9.17, 15) is 13.2 Å². The maximum Gasteiger partial charge on any atom is 0.251 e. The van der Waals surface area contributed by atoms with Crippen molar-refractivity contribution in [3.63, 3.8) is 0 Å². The first-order valence-electron chi connectivity index (χ1n) is 7.57. The molecule has 1 N–H and O–H groups in total. The second-order valence-electron chi connectivity index (χ2n) is 5.90. The summed E-state index contributed by atoms with van der Waals surface area (Å²) in [5.74, 6) is -0.237. The van der Waals surface area contributed by atoms with Crippen molar-refractivity contribution in [1.82, 2.24) is 5.32 Å². The predicted molar refractivity (Wildman–Crippen MR) is 96.8 cm³/mol. The van der Waals surface area contributed by atoms with E-state index in [2.05, 4.69) is 5.32 Å². The number of amides is 1. The highest BCUT2D eigenvalue weighted by molar-refractivity contribution is 7.92. The fraction of sp³-hybridized carbons (Fsp3) is 0.278.